The molecule has 112 valence electrons. The minimum absolute atomic E-state index is 0.0189. The minimum Gasteiger partial charge on any atom is -0.323 e. The lowest BCUT2D eigenvalue weighted by Crippen LogP contribution is -2.44. The number of benzene rings is 1. The Morgan fingerprint density at radius 3 is 2.71 bits per heavy atom. The summed E-state index contributed by atoms with van der Waals surface area (Å²) < 4.78 is 2.12. The van der Waals surface area contributed by atoms with E-state index in [-0.39, 0.29) is 12.1 Å². The van der Waals surface area contributed by atoms with Gasteiger partial charge in [0, 0.05) is 25.2 Å². The topological polar surface area (TPSA) is 60.0 Å². The molecule has 0 radical (unpaired) electrons. The van der Waals surface area contributed by atoms with Crippen molar-refractivity contribution in [3.8, 4) is 0 Å². The molecule has 1 aromatic carbocycles. The molecule has 0 bridgehead atoms. The molecule has 0 spiro atoms. The number of fused-ring (bicyclic) bond motifs is 1. The van der Waals surface area contributed by atoms with Crippen molar-refractivity contribution >= 4 is 0 Å². The van der Waals surface area contributed by atoms with Gasteiger partial charge >= 0.3 is 0 Å². The minimum atomic E-state index is 0.0189. The summed E-state index contributed by atoms with van der Waals surface area (Å²) in [6.07, 6.45) is 2.87. The molecular weight excluding hydrogens is 262 g/mol. The molecule has 0 fully saturated rings. The SMILES string of the molecule is CCc1ccc(C(N)C(C)N2CCn3cnnc3C2)cc1. The lowest BCUT2D eigenvalue weighted by molar-refractivity contribution is 0.143. The predicted molar refractivity (Wildman–Crippen MR) is 82.6 cm³/mol. The Labute approximate surface area is 125 Å². The maximum Gasteiger partial charge on any atom is 0.147 e. The largest absolute Gasteiger partial charge is 0.323 e. The smallest absolute Gasteiger partial charge is 0.147 e. The van der Waals surface area contributed by atoms with Crippen molar-refractivity contribution in [2.75, 3.05) is 6.54 Å². The summed E-state index contributed by atoms with van der Waals surface area (Å²) in [7, 11) is 0. The molecule has 0 aliphatic carbocycles. The maximum atomic E-state index is 6.47. The molecule has 1 aliphatic rings. The summed E-state index contributed by atoms with van der Waals surface area (Å²) >= 11 is 0. The van der Waals surface area contributed by atoms with Crippen molar-refractivity contribution in [3.63, 3.8) is 0 Å². The predicted octanol–water partition coefficient (Wildman–Crippen LogP) is 1.74. The molecule has 0 saturated carbocycles. The molecule has 2 N–H and O–H groups in total. The highest BCUT2D eigenvalue weighted by atomic mass is 15.3. The van der Waals surface area contributed by atoms with Crippen LogP contribution in [0.25, 0.3) is 0 Å². The molecule has 2 aromatic rings. The number of rotatable bonds is 4. The van der Waals surface area contributed by atoms with Crippen LogP contribution in [-0.2, 0) is 19.5 Å². The molecule has 0 amide bonds. The average molecular weight is 285 g/mol. The lowest BCUT2D eigenvalue weighted by atomic mass is 9.98. The quantitative estimate of drug-likeness (QED) is 0.929. The molecule has 1 aliphatic heterocycles. The standard InChI is InChI=1S/C16H23N5/c1-3-13-4-6-14(7-5-13)16(17)12(2)20-8-9-21-11-18-19-15(21)10-20/h4-7,11-12,16H,3,8-10,17H2,1-2H3. The van der Waals surface area contributed by atoms with E-state index in [1.54, 1.807) is 6.33 Å². The Morgan fingerprint density at radius 1 is 1.24 bits per heavy atom. The van der Waals surface area contributed by atoms with Gasteiger partial charge in [0.15, 0.2) is 0 Å². The van der Waals surface area contributed by atoms with Gasteiger partial charge in [0.05, 0.1) is 6.54 Å². The zero-order valence-electron chi connectivity index (χ0n) is 12.7. The summed E-state index contributed by atoms with van der Waals surface area (Å²) in [6.45, 7) is 7.12. The first-order valence-electron chi connectivity index (χ1n) is 7.64. The van der Waals surface area contributed by atoms with E-state index >= 15 is 0 Å². The van der Waals surface area contributed by atoms with E-state index in [2.05, 4.69) is 57.8 Å². The van der Waals surface area contributed by atoms with Crippen molar-refractivity contribution in [2.45, 2.75) is 45.4 Å². The average Bonchev–Trinajstić information content (AvgIpc) is 3.01. The van der Waals surface area contributed by atoms with Gasteiger partial charge in [-0.25, -0.2) is 0 Å². The molecule has 2 unspecified atom stereocenters. The van der Waals surface area contributed by atoms with Gasteiger partial charge in [-0.3, -0.25) is 4.90 Å². The van der Waals surface area contributed by atoms with E-state index in [4.69, 9.17) is 5.73 Å². The second-order valence-corrected chi connectivity index (χ2v) is 5.77. The van der Waals surface area contributed by atoms with Crippen LogP contribution in [-0.4, -0.2) is 32.3 Å². The third-order valence-corrected chi connectivity index (χ3v) is 4.54. The van der Waals surface area contributed by atoms with E-state index in [0.717, 1.165) is 31.9 Å². The monoisotopic (exact) mass is 285 g/mol. The van der Waals surface area contributed by atoms with Crippen molar-refractivity contribution in [1.29, 1.82) is 0 Å². The number of hydrogen-bond donors (Lipinski definition) is 1. The third kappa shape index (κ3) is 2.84. The molecule has 5 nitrogen and oxygen atoms in total. The van der Waals surface area contributed by atoms with Crippen LogP contribution in [0.5, 0.6) is 0 Å². The molecule has 1 aromatic heterocycles. The Morgan fingerprint density at radius 2 is 2.00 bits per heavy atom. The lowest BCUT2D eigenvalue weighted by Gasteiger charge is -2.35. The fourth-order valence-electron chi connectivity index (χ4n) is 2.91. The highest BCUT2D eigenvalue weighted by Crippen LogP contribution is 2.22. The van der Waals surface area contributed by atoms with Crippen LogP contribution < -0.4 is 5.73 Å². The second-order valence-electron chi connectivity index (χ2n) is 5.77. The molecule has 3 rings (SSSR count). The van der Waals surface area contributed by atoms with Gasteiger partial charge in [-0.15, -0.1) is 10.2 Å². The first kappa shape index (κ1) is 14.2. The van der Waals surface area contributed by atoms with Crippen LogP contribution in [0, 0.1) is 0 Å². The van der Waals surface area contributed by atoms with Crippen molar-refractivity contribution in [3.05, 3.63) is 47.5 Å². The molecule has 21 heavy (non-hydrogen) atoms. The summed E-state index contributed by atoms with van der Waals surface area (Å²) in [6, 6.07) is 8.97. The zero-order valence-corrected chi connectivity index (χ0v) is 12.7. The molecule has 2 heterocycles. The van der Waals surface area contributed by atoms with Gasteiger partial charge in [0.1, 0.15) is 12.2 Å². The Hall–Kier alpha value is -1.72. The van der Waals surface area contributed by atoms with Crippen LogP contribution in [0.1, 0.15) is 36.8 Å². The van der Waals surface area contributed by atoms with E-state index in [1.807, 2.05) is 0 Å². The van der Waals surface area contributed by atoms with Gasteiger partial charge in [-0.1, -0.05) is 31.2 Å². The number of hydrogen-bond acceptors (Lipinski definition) is 4. The number of aryl methyl sites for hydroxylation is 1. The zero-order chi connectivity index (χ0) is 14.8. The van der Waals surface area contributed by atoms with Crippen LogP contribution in [0.2, 0.25) is 0 Å². The first-order chi connectivity index (χ1) is 10.2. The van der Waals surface area contributed by atoms with Crippen molar-refractivity contribution in [2.24, 2.45) is 5.73 Å². The second kappa shape index (κ2) is 5.95. The highest BCUT2D eigenvalue weighted by molar-refractivity contribution is 5.25. The summed E-state index contributed by atoms with van der Waals surface area (Å²) in [5.41, 5.74) is 9.02. The normalized spacial score (nSPS) is 18.2. The van der Waals surface area contributed by atoms with Crippen LogP contribution in [0.4, 0.5) is 0 Å². The van der Waals surface area contributed by atoms with Gasteiger partial charge in [0.2, 0.25) is 0 Å². The van der Waals surface area contributed by atoms with E-state index in [0.29, 0.717) is 0 Å². The van der Waals surface area contributed by atoms with Crippen molar-refractivity contribution in [1.82, 2.24) is 19.7 Å². The Kier molecular flexibility index (Phi) is 4.03. The number of nitrogens with two attached hydrogens (primary N) is 1. The van der Waals surface area contributed by atoms with Gasteiger partial charge in [-0.2, -0.15) is 0 Å². The van der Waals surface area contributed by atoms with Crippen LogP contribution in [0.3, 0.4) is 0 Å². The number of nitrogens with zero attached hydrogens (tertiary/aromatic N) is 4. The van der Waals surface area contributed by atoms with Gasteiger partial charge < -0.3 is 10.3 Å². The Balaban J connectivity index is 1.71. The van der Waals surface area contributed by atoms with Crippen molar-refractivity contribution < 1.29 is 0 Å². The summed E-state index contributed by atoms with van der Waals surface area (Å²) in [5.74, 6) is 1.03. The van der Waals surface area contributed by atoms with Gasteiger partial charge in [0.25, 0.3) is 0 Å². The fraction of sp³-hybridized carbons (Fsp3) is 0.500. The molecule has 5 heteroatoms. The van der Waals surface area contributed by atoms with Gasteiger partial charge in [-0.05, 0) is 24.5 Å². The van der Waals surface area contributed by atoms with E-state index in [1.165, 1.54) is 11.1 Å². The van der Waals surface area contributed by atoms with Crippen LogP contribution >= 0.6 is 0 Å². The Bertz CT molecular complexity index is 589. The maximum absolute atomic E-state index is 6.47. The number of aromatic nitrogens is 3. The molecule has 0 saturated heterocycles. The first-order valence-corrected chi connectivity index (χ1v) is 7.64. The van der Waals surface area contributed by atoms with Crippen LogP contribution in [0.15, 0.2) is 30.6 Å². The fourth-order valence-corrected chi connectivity index (χ4v) is 2.91. The molecular formula is C16H23N5. The summed E-state index contributed by atoms with van der Waals surface area (Å²) in [5, 5.41) is 8.15. The van der Waals surface area contributed by atoms with E-state index in [9.17, 15) is 0 Å². The molecule has 2 atom stereocenters. The highest BCUT2D eigenvalue weighted by Gasteiger charge is 2.26. The summed E-state index contributed by atoms with van der Waals surface area (Å²) in [4.78, 5) is 2.39. The van der Waals surface area contributed by atoms with E-state index < -0.39 is 0 Å². The third-order valence-electron chi connectivity index (χ3n) is 4.54.